The van der Waals surface area contributed by atoms with Crippen LogP contribution < -0.4 is 10.6 Å². The van der Waals surface area contributed by atoms with Crippen molar-refractivity contribution in [3.05, 3.63) is 0 Å². The molecule has 2 aliphatic carbocycles. The molecule has 0 aromatic rings. The Morgan fingerprint density at radius 3 is 2.31 bits per heavy atom. The molecule has 16 heavy (non-hydrogen) atoms. The van der Waals surface area contributed by atoms with Crippen molar-refractivity contribution in [2.45, 2.75) is 63.8 Å². The topological polar surface area (TPSA) is 24.1 Å². The van der Waals surface area contributed by atoms with Gasteiger partial charge in [-0.15, -0.1) is 0 Å². The molecule has 2 aliphatic rings. The van der Waals surface area contributed by atoms with Crippen LogP contribution in [0.25, 0.3) is 0 Å². The van der Waals surface area contributed by atoms with Gasteiger partial charge in [0.1, 0.15) is 0 Å². The van der Waals surface area contributed by atoms with Crippen LogP contribution in [0.4, 0.5) is 0 Å². The molecular formula is C14H28N2. The molecule has 0 aromatic carbocycles. The fraction of sp³-hybridized carbons (Fsp3) is 1.00. The van der Waals surface area contributed by atoms with E-state index in [2.05, 4.69) is 10.6 Å². The Morgan fingerprint density at radius 2 is 1.56 bits per heavy atom. The van der Waals surface area contributed by atoms with E-state index >= 15 is 0 Å². The van der Waals surface area contributed by atoms with Crippen LogP contribution >= 0.6 is 0 Å². The molecule has 2 N–H and O–H groups in total. The molecule has 94 valence electrons. The van der Waals surface area contributed by atoms with Crippen LogP contribution in [0.15, 0.2) is 0 Å². The third-order valence-corrected chi connectivity index (χ3v) is 3.98. The van der Waals surface area contributed by atoms with Gasteiger partial charge in [0.05, 0.1) is 0 Å². The van der Waals surface area contributed by atoms with E-state index < -0.39 is 0 Å². The smallest absolute Gasteiger partial charge is 0.00682 e. The number of nitrogens with one attached hydrogen (secondary N) is 2. The van der Waals surface area contributed by atoms with Gasteiger partial charge in [0.2, 0.25) is 0 Å². The molecule has 2 nitrogen and oxygen atoms in total. The normalized spacial score (nSPS) is 21.8. The Kier molecular flexibility index (Phi) is 5.64. The summed E-state index contributed by atoms with van der Waals surface area (Å²) in [7, 11) is 0. The Bertz CT molecular complexity index is 172. The molecule has 0 heterocycles. The summed E-state index contributed by atoms with van der Waals surface area (Å²) in [5.41, 5.74) is 0. The molecule has 0 bridgehead atoms. The van der Waals surface area contributed by atoms with Gasteiger partial charge in [0.25, 0.3) is 0 Å². The average Bonchev–Trinajstić information content (AvgIpc) is 2.97. The number of rotatable bonds is 9. The second-order valence-electron chi connectivity index (χ2n) is 5.62. The lowest BCUT2D eigenvalue weighted by Crippen LogP contribution is -2.24. The molecule has 2 fully saturated rings. The zero-order valence-corrected chi connectivity index (χ0v) is 10.6. The van der Waals surface area contributed by atoms with Gasteiger partial charge in [0.15, 0.2) is 0 Å². The predicted octanol–water partition coefficient (Wildman–Crippen LogP) is 2.69. The Morgan fingerprint density at radius 1 is 0.812 bits per heavy atom. The van der Waals surface area contributed by atoms with Gasteiger partial charge in [0, 0.05) is 6.04 Å². The first-order valence-corrected chi connectivity index (χ1v) is 7.39. The fourth-order valence-electron chi connectivity index (χ4n) is 2.75. The molecule has 2 saturated carbocycles. The van der Waals surface area contributed by atoms with E-state index in [1.54, 1.807) is 0 Å². The van der Waals surface area contributed by atoms with Crippen LogP contribution in [0.3, 0.4) is 0 Å². The van der Waals surface area contributed by atoms with Crippen LogP contribution in [0.1, 0.15) is 57.8 Å². The summed E-state index contributed by atoms with van der Waals surface area (Å²) < 4.78 is 0. The van der Waals surface area contributed by atoms with Gasteiger partial charge in [-0.05, 0) is 57.7 Å². The van der Waals surface area contributed by atoms with E-state index in [1.165, 1.54) is 77.4 Å². The van der Waals surface area contributed by atoms with Crippen molar-refractivity contribution in [2.75, 3.05) is 19.6 Å². The highest BCUT2D eigenvalue weighted by molar-refractivity contribution is 4.80. The molecule has 0 radical (unpaired) electrons. The molecule has 0 atom stereocenters. The van der Waals surface area contributed by atoms with Crippen molar-refractivity contribution >= 4 is 0 Å². The molecule has 0 unspecified atom stereocenters. The van der Waals surface area contributed by atoms with E-state index in [0.29, 0.717) is 0 Å². The van der Waals surface area contributed by atoms with Crippen molar-refractivity contribution < 1.29 is 0 Å². The summed E-state index contributed by atoms with van der Waals surface area (Å²) in [6.45, 7) is 3.64. The van der Waals surface area contributed by atoms with Crippen molar-refractivity contribution in [3.63, 3.8) is 0 Å². The third kappa shape index (κ3) is 5.31. The van der Waals surface area contributed by atoms with Gasteiger partial charge in [-0.25, -0.2) is 0 Å². The van der Waals surface area contributed by atoms with Gasteiger partial charge in [-0.3, -0.25) is 0 Å². The minimum Gasteiger partial charge on any atom is -0.317 e. The summed E-state index contributed by atoms with van der Waals surface area (Å²) in [6.07, 6.45) is 13.0. The van der Waals surface area contributed by atoms with Crippen LogP contribution in [0.5, 0.6) is 0 Å². The molecule has 2 heteroatoms. The minimum absolute atomic E-state index is 0.877. The first kappa shape index (κ1) is 12.4. The maximum Gasteiger partial charge on any atom is 0.00682 e. The molecule has 0 spiro atoms. The lowest BCUT2D eigenvalue weighted by Gasteiger charge is -2.09. The highest BCUT2D eigenvalue weighted by atomic mass is 14.9. The third-order valence-electron chi connectivity index (χ3n) is 3.98. The molecule has 0 amide bonds. The van der Waals surface area contributed by atoms with Gasteiger partial charge < -0.3 is 10.6 Å². The number of hydrogen-bond acceptors (Lipinski definition) is 2. The molecule has 0 aliphatic heterocycles. The van der Waals surface area contributed by atoms with E-state index in [0.717, 1.165) is 12.0 Å². The average molecular weight is 224 g/mol. The standard InChI is InChI=1S/C14H28N2/c1-2-6-13(5-1)7-3-10-15-11-4-12-16-14-8-9-14/h13-16H,1-12H2. The molecule has 2 rings (SSSR count). The van der Waals surface area contributed by atoms with Gasteiger partial charge in [-0.2, -0.15) is 0 Å². The Balaban J connectivity index is 1.29. The van der Waals surface area contributed by atoms with Crippen molar-refractivity contribution in [1.82, 2.24) is 10.6 Å². The summed E-state index contributed by atoms with van der Waals surface area (Å²) in [4.78, 5) is 0. The van der Waals surface area contributed by atoms with Crippen LogP contribution in [0.2, 0.25) is 0 Å². The fourth-order valence-corrected chi connectivity index (χ4v) is 2.75. The quantitative estimate of drug-likeness (QED) is 0.588. The maximum atomic E-state index is 3.56. The van der Waals surface area contributed by atoms with Crippen LogP contribution in [0, 0.1) is 5.92 Å². The van der Waals surface area contributed by atoms with E-state index in [4.69, 9.17) is 0 Å². The largest absolute Gasteiger partial charge is 0.317 e. The summed E-state index contributed by atoms with van der Waals surface area (Å²) >= 11 is 0. The van der Waals surface area contributed by atoms with Crippen molar-refractivity contribution in [2.24, 2.45) is 5.92 Å². The Labute approximate surface area is 101 Å². The first-order chi connectivity index (χ1) is 7.95. The summed E-state index contributed by atoms with van der Waals surface area (Å²) in [5.74, 6) is 1.07. The van der Waals surface area contributed by atoms with Crippen molar-refractivity contribution in [3.8, 4) is 0 Å². The van der Waals surface area contributed by atoms with Gasteiger partial charge >= 0.3 is 0 Å². The second kappa shape index (κ2) is 7.29. The second-order valence-corrected chi connectivity index (χ2v) is 5.62. The lowest BCUT2D eigenvalue weighted by atomic mass is 10.0. The van der Waals surface area contributed by atoms with E-state index in [-0.39, 0.29) is 0 Å². The summed E-state index contributed by atoms with van der Waals surface area (Å²) in [5, 5.41) is 7.12. The molecule has 0 saturated heterocycles. The lowest BCUT2D eigenvalue weighted by molar-refractivity contribution is 0.468. The SMILES string of the molecule is C(CNCCCC1CCCC1)CNC1CC1. The minimum atomic E-state index is 0.877. The predicted molar refractivity (Wildman–Crippen MR) is 69.7 cm³/mol. The monoisotopic (exact) mass is 224 g/mol. The summed E-state index contributed by atoms with van der Waals surface area (Å²) in [6, 6.07) is 0.877. The van der Waals surface area contributed by atoms with Crippen LogP contribution in [-0.2, 0) is 0 Å². The zero-order chi connectivity index (χ0) is 11.1. The van der Waals surface area contributed by atoms with E-state index in [1.807, 2.05) is 0 Å². The van der Waals surface area contributed by atoms with Gasteiger partial charge in [-0.1, -0.05) is 25.7 Å². The molecular weight excluding hydrogens is 196 g/mol. The molecule has 0 aromatic heterocycles. The Hall–Kier alpha value is -0.0800. The highest BCUT2D eigenvalue weighted by Gasteiger charge is 2.19. The highest BCUT2D eigenvalue weighted by Crippen LogP contribution is 2.28. The van der Waals surface area contributed by atoms with Crippen LogP contribution in [-0.4, -0.2) is 25.7 Å². The maximum absolute atomic E-state index is 3.56. The van der Waals surface area contributed by atoms with E-state index in [9.17, 15) is 0 Å². The first-order valence-electron chi connectivity index (χ1n) is 7.39. The van der Waals surface area contributed by atoms with Crippen molar-refractivity contribution in [1.29, 1.82) is 0 Å². The number of hydrogen-bond donors (Lipinski definition) is 2. The zero-order valence-electron chi connectivity index (χ0n) is 10.6.